The number of fused-ring (bicyclic) bond motifs is 2. The number of hydrogen-bond acceptors (Lipinski definition) is 9. The molecule has 0 radical (unpaired) electrons. The number of ether oxygens (including phenoxy) is 3. The first kappa shape index (κ1) is 24.2. The van der Waals surface area contributed by atoms with Crippen LogP contribution in [0, 0.1) is 34.5 Å². The van der Waals surface area contributed by atoms with Gasteiger partial charge in [-0.3, -0.25) is 4.79 Å². The zero-order valence-electron chi connectivity index (χ0n) is 20.3. The molecule has 0 amide bonds. The molecule has 3 aliphatic carbocycles. The fourth-order valence-corrected chi connectivity index (χ4v) is 8.25. The summed E-state index contributed by atoms with van der Waals surface area (Å²) in [5, 5.41) is 44.8. The number of rotatable bonds is 3. The molecule has 1 spiro atoms. The summed E-state index contributed by atoms with van der Waals surface area (Å²) in [5.41, 5.74) is -2.58. The maximum Gasteiger partial charge on any atom is 0.348 e. The van der Waals surface area contributed by atoms with Crippen LogP contribution < -0.4 is 0 Å². The van der Waals surface area contributed by atoms with Gasteiger partial charge in [0.15, 0.2) is 0 Å². The van der Waals surface area contributed by atoms with Crippen LogP contribution in [0.2, 0.25) is 0 Å². The van der Waals surface area contributed by atoms with Crippen LogP contribution in [-0.4, -0.2) is 81.2 Å². The maximum atomic E-state index is 13.3. The van der Waals surface area contributed by atoms with Crippen LogP contribution in [0.1, 0.15) is 47.5 Å². The SMILES string of the molecule is CCC(C)C(=O)O[C@H]1C(=O)OC2CC3C(C)=C[C@H](O)[C@@H](O)[C@]3(C)C3[C@@H](O)[C@@H](O)[C@@]4(C)OC[C@@]23C14. The number of esters is 2. The molecule has 34 heavy (non-hydrogen) atoms. The van der Waals surface area contributed by atoms with E-state index in [9.17, 15) is 30.0 Å². The Hall–Kier alpha value is -1.52. The lowest BCUT2D eigenvalue weighted by Crippen LogP contribution is -2.79. The Balaban J connectivity index is 1.68. The Kier molecular flexibility index (Phi) is 5.33. The highest BCUT2D eigenvalue weighted by Gasteiger charge is 2.82. The standard InChI is InChI=1S/C25H36O9/c1-6-10(2)21(30)34-16-18-24(5)20(29)15(27)17-23(4)12(11(3)7-13(26)19(23)28)8-14(33-22(16)31)25(17,18)9-32-24/h7,10,12-20,26-29H,6,8-9H2,1-5H3/t10?,12?,13-,14?,15+,16+,17?,18?,19+,20+,23-,24-,25+/m0/s1. The molecule has 5 aliphatic rings. The van der Waals surface area contributed by atoms with Crippen molar-refractivity contribution in [1.29, 1.82) is 0 Å². The molecule has 13 atom stereocenters. The van der Waals surface area contributed by atoms with Gasteiger partial charge in [-0.2, -0.15) is 0 Å². The Morgan fingerprint density at radius 3 is 2.53 bits per heavy atom. The lowest BCUT2D eigenvalue weighted by atomic mass is 9.38. The lowest BCUT2D eigenvalue weighted by Gasteiger charge is -2.68. The second-order valence-electron chi connectivity index (χ2n) is 11.6. The van der Waals surface area contributed by atoms with Crippen molar-refractivity contribution in [2.75, 3.05) is 6.61 Å². The Labute approximate surface area is 199 Å². The van der Waals surface area contributed by atoms with Crippen molar-refractivity contribution in [3.05, 3.63) is 11.6 Å². The molecule has 190 valence electrons. The van der Waals surface area contributed by atoms with Gasteiger partial charge >= 0.3 is 11.9 Å². The Morgan fingerprint density at radius 2 is 1.88 bits per heavy atom. The zero-order valence-corrected chi connectivity index (χ0v) is 20.3. The molecule has 2 aliphatic heterocycles. The molecule has 9 nitrogen and oxygen atoms in total. The molecule has 0 aromatic heterocycles. The summed E-state index contributed by atoms with van der Waals surface area (Å²) in [6, 6.07) is 0. The van der Waals surface area contributed by atoms with E-state index in [-0.39, 0.29) is 12.5 Å². The van der Waals surface area contributed by atoms with Gasteiger partial charge in [-0.15, -0.1) is 0 Å². The van der Waals surface area contributed by atoms with E-state index in [1.165, 1.54) is 0 Å². The second-order valence-corrected chi connectivity index (χ2v) is 11.6. The molecule has 0 aromatic carbocycles. The molecule has 2 bridgehead atoms. The fraction of sp³-hybridized carbons (Fsp3) is 0.840. The number of aliphatic hydroxyl groups excluding tert-OH is 4. The first-order valence-electron chi connectivity index (χ1n) is 12.3. The molecule has 2 saturated carbocycles. The summed E-state index contributed by atoms with van der Waals surface area (Å²) in [6.45, 7) is 8.95. The van der Waals surface area contributed by atoms with E-state index >= 15 is 0 Å². The summed E-state index contributed by atoms with van der Waals surface area (Å²) in [4.78, 5) is 26.0. The fourth-order valence-electron chi connectivity index (χ4n) is 8.25. The monoisotopic (exact) mass is 480 g/mol. The van der Waals surface area contributed by atoms with Gasteiger partial charge in [-0.25, -0.2) is 4.79 Å². The minimum atomic E-state index is -1.40. The Morgan fingerprint density at radius 1 is 1.21 bits per heavy atom. The van der Waals surface area contributed by atoms with Gasteiger partial charge in [0.1, 0.15) is 17.8 Å². The summed E-state index contributed by atoms with van der Waals surface area (Å²) in [7, 11) is 0. The van der Waals surface area contributed by atoms with E-state index in [1.54, 1.807) is 19.9 Å². The van der Waals surface area contributed by atoms with Gasteiger partial charge in [0.05, 0.1) is 36.8 Å². The van der Waals surface area contributed by atoms with Crippen LogP contribution in [0.3, 0.4) is 0 Å². The van der Waals surface area contributed by atoms with E-state index in [0.717, 1.165) is 5.57 Å². The van der Waals surface area contributed by atoms with E-state index in [2.05, 4.69) is 0 Å². The van der Waals surface area contributed by atoms with Gasteiger partial charge < -0.3 is 34.6 Å². The lowest BCUT2D eigenvalue weighted by molar-refractivity contribution is -0.304. The van der Waals surface area contributed by atoms with Crippen LogP contribution in [0.15, 0.2) is 11.6 Å². The quantitative estimate of drug-likeness (QED) is 0.332. The molecule has 5 unspecified atom stereocenters. The third kappa shape index (κ3) is 2.68. The number of carbonyl (C=O) groups is 2. The average Bonchev–Trinajstić information content (AvgIpc) is 3.06. The molecular weight excluding hydrogens is 444 g/mol. The molecule has 0 aromatic rings. The van der Waals surface area contributed by atoms with Crippen LogP contribution in [-0.2, 0) is 23.8 Å². The molecule has 5 rings (SSSR count). The largest absolute Gasteiger partial charge is 0.459 e. The predicted molar refractivity (Wildman–Crippen MR) is 117 cm³/mol. The first-order valence-corrected chi connectivity index (χ1v) is 12.3. The molecule has 4 fully saturated rings. The van der Waals surface area contributed by atoms with Crippen molar-refractivity contribution in [3.63, 3.8) is 0 Å². The summed E-state index contributed by atoms with van der Waals surface area (Å²) >= 11 is 0. The summed E-state index contributed by atoms with van der Waals surface area (Å²) in [5.74, 6) is -3.51. The van der Waals surface area contributed by atoms with Gasteiger partial charge in [-0.05, 0) is 32.6 Å². The topological polar surface area (TPSA) is 143 Å². The van der Waals surface area contributed by atoms with Crippen molar-refractivity contribution in [1.82, 2.24) is 0 Å². The van der Waals surface area contributed by atoms with Gasteiger partial charge in [-0.1, -0.05) is 32.4 Å². The Bertz CT molecular complexity index is 933. The van der Waals surface area contributed by atoms with Gasteiger partial charge in [0.2, 0.25) is 6.10 Å². The van der Waals surface area contributed by atoms with Crippen LogP contribution in [0.4, 0.5) is 0 Å². The normalized spacial score (nSPS) is 54.3. The highest BCUT2D eigenvalue weighted by atomic mass is 16.6. The van der Waals surface area contributed by atoms with E-state index in [4.69, 9.17) is 14.2 Å². The van der Waals surface area contributed by atoms with E-state index < -0.39 is 82.7 Å². The van der Waals surface area contributed by atoms with E-state index in [0.29, 0.717) is 12.8 Å². The molecule has 2 saturated heterocycles. The van der Waals surface area contributed by atoms with Crippen molar-refractivity contribution in [3.8, 4) is 0 Å². The van der Waals surface area contributed by atoms with Gasteiger partial charge in [0, 0.05) is 16.7 Å². The minimum absolute atomic E-state index is 0.0656. The highest BCUT2D eigenvalue weighted by molar-refractivity contribution is 5.82. The third-order valence-electron chi connectivity index (χ3n) is 10.1. The van der Waals surface area contributed by atoms with Crippen LogP contribution in [0.5, 0.6) is 0 Å². The summed E-state index contributed by atoms with van der Waals surface area (Å²) in [6.07, 6.45) is -4.53. The molecule has 4 N–H and O–H groups in total. The van der Waals surface area contributed by atoms with Crippen LogP contribution in [0.25, 0.3) is 0 Å². The van der Waals surface area contributed by atoms with Crippen LogP contribution >= 0.6 is 0 Å². The highest BCUT2D eigenvalue weighted by Crippen LogP contribution is 2.72. The van der Waals surface area contributed by atoms with Crippen molar-refractivity contribution in [2.24, 2.45) is 34.5 Å². The van der Waals surface area contributed by atoms with E-state index in [1.807, 2.05) is 20.8 Å². The third-order valence-corrected chi connectivity index (χ3v) is 10.1. The molecular formula is C25H36O9. The predicted octanol–water partition coefficient (Wildman–Crippen LogP) is 0.321. The molecule has 9 heteroatoms. The number of carbonyl (C=O) groups excluding carboxylic acids is 2. The number of hydrogen-bond donors (Lipinski definition) is 4. The molecule has 2 heterocycles. The first-order chi connectivity index (χ1) is 15.8. The number of allylic oxidation sites excluding steroid dienone is 1. The van der Waals surface area contributed by atoms with Crippen molar-refractivity contribution < 1.29 is 44.2 Å². The minimum Gasteiger partial charge on any atom is -0.459 e. The average molecular weight is 481 g/mol. The second kappa shape index (κ2) is 7.49. The maximum absolute atomic E-state index is 13.3. The van der Waals surface area contributed by atoms with Gasteiger partial charge in [0.25, 0.3) is 0 Å². The number of aliphatic hydroxyl groups is 4. The van der Waals surface area contributed by atoms with Crippen molar-refractivity contribution in [2.45, 2.75) is 89.7 Å². The zero-order chi connectivity index (χ0) is 25.0. The summed E-state index contributed by atoms with van der Waals surface area (Å²) < 4.78 is 17.9. The smallest absolute Gasteiger partial charge is 0.348 e. The van der Waals surface area contributed by atoms with Crippen molar-refractivity contribution >= 4 is 11.9 Å².